The highest BCUT2D eigenvalue weighted by atomic mass is 35.5. The van der Waals surface area contributed by atoms with Gasteiger partial charge < -0.3 is 9.64 Å². The van der Waals surface area contributed by atoms with Gasteiger partial charge in [0.05, 0.1) is 18.5 Å². The first kappa shape index (κ1) is 22.9. The van der Waals surface area contributed by atoms with Gasteiger partial charge in [0.15, 0.2) is 0 Å². The number of fused-ring (bicyclic) bond motifs is 3. The SMILES string of the molecule is COc1cccc(C(=O)N2C3CCC2CN(Cc2c(-c4ccc(Cl)cc4)nc4ncccn24)CC3)n1. The zero-order chi connectivity index (χ0) is 24.6. The van der Waals surface area contributed by atoms with Crippen molar-refractivity contribution in [2.24, 2.45) is 0 Å². The van der Waals surface area contributed by atoms with Gasteiger partial charge in [0.2, 0.25) is 11.7 Å². The van der Waals surface area contributed by atoms with E-state index in [2.05, 4.69) is 24.2 Å². The highest BCUT2D eigenvalue weighted by molar-refractivity contribution is 6.30. The fourth-order valence-electron chi connectivity index (χ4n) is 5.54. The maximum atomic E-state index is 13.5. The van der Waals surface area contributed by atoms with Gasteiger partial charge in [-0.2, -0.15) is 0 Å². The molecule has 1 amide bonds. The number of amides is 1. The lowest BCUT2D eigenvalue weighted by Gasteiger charge is -2.29. The second kappa shape index (κ2) is 9.52. The summed E-state index contributed by atoms with van der Waals surface area (Å²) < 4.78 is 7.31. The molecule has 2 saturated heterocycles. The summed E-state index contributed by atoms with van der Waals surface area (Å²) in [5.74, 6) is 1.12. The Morgan fingerprint density at radius 2 is 1.89 bits per heavy atom. The summed E-state index contributed by atoms with van der Waals surface area (Å²) in [6.45, 7) is 2.43. The van der Waals surface area contributed by atoms with Crippen LogP contribution in [-0.2, 0) is 6.54 Å². The predicted octanol–water partition coefficient (Wildman–Crippen LogP) is 4.33. The van der Waals surface area contributed by atoms with E-state index in [4.69, 9.17) is 21.3 Å². The Bertz CT molecular complexity index is 1410. The monoisotopic (exact) mass is 502 g/mol. The molecular formula is C27H27ClN6O2. The van der Waals surface area contributed by atoms with Crippen LogP contribution in [0.3, 0.4) is 0 Å². The number of hydrogen-bond acceptors (Lipinski definition) is 6. The smallest absolute Gasteiger partial charge is 0.273 e. The topological polar surface area (TPSA) is 75.9 Å². The molecule has 2 atom stereocenters. The van der Waals surface area contributed by atoms with Crippen molar-refractivity contribution in [2.45, 2.75) is 37.9 Å². The van der Waals surface area contributed by atoms with Gasteiger partial charge in [-0.05, 0) is 43.5 Å². The first-order valence-electron chi connectivity index (χ1n) is 12.2. The highest BCUT2D eigenvalue weighted by Crippen LogP contribution is 2.33. The number of ether oxygens (including phenoxy) is 1. The summed E-state index contributed by atoms with van der Waals surface area (Å²) in [5.41, 5.74) is 3.45. The summed E-state index contributed by atoms with van der Waals surface area (Å²) in [5, 5.41) is 0.695. The van der Waals surface area contributed by atoms with Gasteiger partial charge in [-0.25, -0.2) is 15.0 Å². The standard InChI is InChI=1S/C27H27ClN6O2/c1-36-24-5-2-4-22(30-24)26(35)34-20-10-11-21(34)16-32(15-12-20)17-23-25(18-6-8-19(28)9-7-18)31-27-29-13-3-14-33(23)27/h2-9,13-14,20-21H,10-12,15-17H2,1H3. The van der Waals surface area contributed by atoms with Crippen molar-refractivity contribution < 1.29 is 9.53 Å². The number of aromatic nitrogens is 4. The lowest BCUT2D eigenvalue weighted by atomic mass is 10.1. The molecule has 0 aliphatic carbocycles. The van der Waals surface area contributed by atoms with Crippen molar-refractivity contribution in [1.29, 1.82) is 0 Å². The van der Waals surface area contributed by atoms with E-state index in [0.717, 1.165) is 49.3 Å². The number of halogens is 1. The molecule has 2 aliphatic heterocycles. The fourth-order valence-corrected chi connectivity index (χ4v) is 5.66. The van der Waals surface area contributed by atoms with Crippen LogP contribution in [0.2, 0.25) is 5.02 Å². The largest absolute Gasteiger partial charge is 0.481 e. The molecular weight excluding hydrogens is 476 g/mol. The number of benzene rings is 1. The Morgan fingerprint density at radius 3 is 2.72 bits per heavy atom. The van der Waals surface area contributed by atoms with Crippen LogP contribution in [0.1, 0.15) is 35.4 Å². The minimum atomic E-state index is -0.0101. The molecule has 2 fully saturated rings. The molecule has 8 nitrogen and oxygen atoms in total. The number of nitrogens with zero attached hydrogens (tertiary/aromatic N) is 6. The highest BCUT2D eigenvalue weighted by Gasteiger charge is 2.41. The van der Waals surface area contributed by atoms with E-state index < -0.39 is 0 Å². The summed E-state index contributed by atoms with van der Waals surface area (Å²) in [4.78, 5) is 31.7. The Morgan fingerprint density at radius 1 is 1.06 bits per heavy atom. The molecule has 2 aliphatic rings. The fraction of sp³-hybridized carbons (Fsp3) is 0.333. The van der Waals surface area contributed by atoms with Crippen molar-refractivity contribution in [2.75, 3.05) is 20.2 Å². The Labute approximate surface area is 214 Å². The molecule has 0 N–H and O–H groups in total. The van der Waals surface area contributed by atoms with E-state index in [1.807, 2.05) is 42.6 Å². The van der Waals surface area contributed by atoms with Gasteiger partial charge in [0.1, 0.15) is 5.69 Å². The first-order chi connectivity index (χ1) is 17.6. The Hall–Kier alpha value is -3.49. The third-order valence-electron chi connectivity index (χ3n) is 7.25. The van der Waals surface area contributed by atoms with Gasteiger partial charge >= 0.3 is 0 Å². The molecule has 0 radical (unpaired) electrons. The summed E-state index contributed by atoms with van der Waals surface area (Å²) in [6, 6.07) is 15.4. The lowest BCUT2D eigenvalue weighted by Crippen LogP contribution is -2.43. The molecule has 5 heterocycles. The van der Waals surface area contributed by atoms with Crippen LogP contribution in [0, 0.1) is 0 Å². The lowest BCUT2D eigenvalue weighted by molar-refractivity contribution is 0.0663. The van der Waals surface area contributed by atoms with Crippen molar-refractivity contribution in [3.63, 3.8) is 0 Å². The number of likely N-dealkylation sites (tertiary alicyclic amines) is 1. The van der Waals surface area contributed by atoms with Crippen LogP contribution in [0.4, 0.5) is 0 Å². The molecule has 4 aromatic rings. The predicted molar refractivity (Wildman–Crippen MR) is 137 cm³/mol. The molecule has 1 aromatic carbocycles. The molecule has 2 bridgehead atoms. The second-order valence-corrected chi connectivity index (χ2v) is 9.83. The van der Waals surface area contributed by atoms with E-state index >= 15 is 0 Å². The molecule has 0 saturated carbocycles. The van der Waals surface area contributed by atoms with Gasteiger partial charge in [-0.15, -0.1) is 0 Å². The van der Waals surface area contributed by atoms with Gasteiger partial charge in [-0.3, -0.25) is 14.1 Å². The third kappa shape index (κ3) is 4.20. The van der Waals surface area contributed by atoms with Crippen LogP contribution in [-0.4, -0.2) is 67.3 Å². The summed E-state index contributed by atoms with van der Waals surface area (Å²) >= 11 is 6.14. The number of pyridine rings is 1. The minimum absolute atomic E-state index is 0.0101. The summed E-state index contributed by atoms with van der Waals surface area (Å²) in [7, 11) is 1.57. The van der Waals surface area contributed by atoms with Gasteiger partial charge in [0, 0.05) is 60.8 Å². The molecule has 2 unspecified atom stereocenters. The van der Waals surface area contributed by atoms with E-state index in [1.54, 1.807) is 25.4 Å². The molecule has 0 spiro atoms. The maximum Gasteiger partial charge on any atom is 0.273 e. The number of rotatable bonds is 5. The Balaban J connectivity index is 1.28. The van der Waals surface area contributed by atoms with E-state index in [9.17, 15) is 4.79 Å². The van der Waals surface area contributed by atoms with Crippen LogP contribution in [0.25, 0.3) is 17.0 Å². The maximum absolute atomic E-state index is 13.5. The van der Waals surface area contributed by atoms with Crippen LogP contribution in [0.15, 0.2) is 60.9 Å². The number of carbonyl (C=O) groups excluding carboxylic acids is 1. The number of imidazole rings is 1. The minimum Gasteiger partial charge on any atom is -0.481 e. The second-order valence-electron chi connectivity index (χ2n) is 9.39. The number of methoxy groups -OCH3 is 1. The molecule has 3 aromatic heterocycles. The third-order valence-corrected chi connectivity index (χ3v) is 7.50. The quantitative estimate of drug-likeness (QED) is 0.404. The number of hydrogen-bond donors (Lipinski definition) is 0. The molecule has 6 rings (SSSR count). The van der Waals surface area contributed by atoms with Crippen LogP contribution >= 0.6 is 11.6 Å². The van der Waals surface area contributed by atoms with Gasteiger partial charge in [0.25, 0.3) is 5.91 Å². The van der Waals surface area contributed by atoms with Gasteiger partial charge in [-0.1, -0.05) is 29.8 Å². The zero-order valence-corrected chi connectivity index (χ0v) is 20.8. The average Bonchev–Trinajstić information content (AvgIpc) is 3.42. The van der Waals surface area contributed by atoms with Crippen molar-refractivity contribution in [3.8, 4) is 17.1 Å². The summed E-state index contributed by atoms with van der Waals surface area (Å²) in [6.07, 6.45) is 6.73. The van der Waals surface area contributed by atoms with Crippen LogP contribution < -0.4 is 4.74 Å². The average molecular weight is 503 g/mol. The molecule has 9 heteroatoms. The zero-order valence-electron chi connectivity index (χ0n) is 20.0. The van der Waals surface area contributed by atoms with E-state index in [0.29, 0.717) is 28.9 Å². The van der Waals surface area contributed by atoms with E-state index in [1.165, 1.54) is 0 Å². The first-order valence-corrected chi connectivity index (χ1v) is 12.6. The van der Waals surface area contributed by atoms with Crippen molar-refractivity contribution in [3.05, 3.63) is 77.3 Å². The normalized spacial score (nSPS) is 20.0. The molecule has 36 heavy (non-hydrogen) atoms. The van der Waals surface area contributed by atoms with Crippen molar-refractivity contribution >= 4 is 23.3 Å². The van der Waals surface area contributed by atoms with Crippen LogP contribution in [0.5, 0.6) is 5.88 Å². The number of carbonyl (C=O) groups is 1. The van der Waals surface area contributed by atoms with Crippen molar-refractivity contribution in [1.82, 2.24) is 29.2 Å². The molecule has 184 valence electrons. The van der Waals surface area contributed by atoms with E-state index in [-0.39, 0.29) is 18.0 Å². The Kier molecular flexibility index (Phi) is 6.07.